The highest BCUT2D eigenvalue weighted by molar-refractivity contribution is 5.97. The molecule has 4 bridgehead atoms. The zero-order valence-corrected chi connectivity index (χ0v) is 16.1. The number of hydrogen-bond acceptors (Lipinski definition) is 2. The minimum absolute atomic E-state index is 0.192. The van der Waals surface area contributed by atoms with Crippen LogP contribution in [0.5, 0.6) is 5.75 Å². The number of carbonyl (C=O) groups excluding carboxylic acids is 1. The van der Waals surface area contributed by atoms with Gasteiger partial charge in [0, 0.05) is 17.5 Å². The zero-order valence-electron chi connectivity index (χ0n) is 16.1. The van der Waals surface area contributed by atoms with Crippen LogP contribution >= 0.6 is 0 Å². The summed E-state index contributed by atoms with van der Waals surface area (Å²) in [5, 5.41) is 0. The fraction of sp³-hybridized carbons (Fsp3) is 0.480. The maximum absolute atomic E-state index is 12.7. The fourth-order valence-electron chi connectivity index (χ4n) is 6.63. The van der Waals surface area contributed by atoms with Gasteiger partial charge in [0.05, 0.1) is 7.11 Å². The Morgan fingerprint density at radius 2 is 1.59 bits per heavy atom. The van der Waals surface area contributed by atoms with Gasteiger partial charge in [-0.3, -0.25) is 4.79 Å². The number of carbonyl (C=O) groups is 1. The summed E-state index contributed by atoms with van der Waals surface area (Å²) < 4.78 is 5.79. The van der Waals surface area contributed by atoms with E-state index in [-0.39, 0.29) is 11.2 Å². The SMILES string of the molecule is COc1ccc(CC(=O)c2ccccc2)cc1C12CC3CC(CC(C3)C1)C2. The second-order valence-electron chi connectivity index (χ2n) is 9.20. The van der Waals surface area contributed by atoms with E-state index < -0.39 is 0 Å². The number of methoxy groups -OCH3 is 1. The van der Waals surface area contributed by atoms with E-state index in [0.29, 0.717) is 6.42 Å². The van der Waals surface area contributed by atoms with Gasteiger partial charge in [0.15, 0.2) is 5.78 Å². The molecule has 0 amide bonds. The summed E-state index contributed by atoms with van der Waals surface area (Å²) in [5.41, 5.74) is 3.58. The van der Waals surface area contributed by atoms with Gasteiger partial charge in [0.25, 0.3) is 0 Å². The summed E-state index contributed by atoms with van der Waals surface area (Å²) in [4.78, 5) is 12.7. The van der Waals surface area contributed by atoms with Crippen molar-refractivity contribution in [1.82, 2.24) is 0 Å². The smallest absolute Gasteiger partial charge is 0.167 e. The number of ether oxygens (including phenoxy) is 1. The van der Waals surface area contributed by atoms with E-state index in [9.17, 15) is 4.79 Å². The molecule has 0 aromatic heterocycles. The first-order chi connectivity index (χ1) is 13.1. The Morgan fingerprint density at radius 3 is 2.19 bits per heavy atom. The van der Waals surface area contributed by atoms with Gasteiger partial charge in [-0.15, -0.1) is 0 Å². The average molecular weight is 360 g/mol. The van der Waals surface area contributed by atoms with Crippen LogP contribution in [-0.2, 0) is 11.8 Å². The molecule has 2 aromatic rings. The molecule has 6 rings (SSSR count). The first-order valence-electron chi connectivity index (χ1n) is 10.4. The van der Waals surface area contributed by atoms with Crippen molar-refractivity contribution < 1.29 is 9.53 Å². The van der Waals surface area contributed by atoms with Crippen molar-refractivity contribution in [3.63, 3.8) is 0 Å². The highest BCUT2D eigenvalue weighted by Gasteiger charge is 2.52. The van der Waals surface area contributed by atoms with Gasteiger partial charge in [0.2, 0.25) is 0 Å². The summed E-state index contributed by atoms with van der Waals surface area (Å²) in [6.45, 7) is 0. The monoisotopic (exact) mass is 360 g/mol. The lowest BCUT2D eigenvalue weighted by atomic mass is 9.48. The molecular weight excluding hydrogens is 332 g/mol. The van der Waals surface area contributed by atoms with E-state index in [1.165, 1.54) is 44.1 Å². The van der Waals surface area contributed by atoms with E-state index in [2.05, 4.69) is 18.2 Å². The summed E-state index contributed by atoms with van der Waals surface area (Å²) in [6, 6.07) is 16.1. The lowest BCUT2D eigenvalue weighted by Crippen LogP contribution is -2.48. The molecule has 0 saturated heterocycles. The van der Waals surface area contributed by atoms with E-state index in [1.807, 2.05) is 30.3 Å². The van der Waals surface area contributed by atoms with Crippen LogP contribution in [0.1, 0.15) is 60.0 Å². The van der Waals surface area contributed by atoms with Crippen molar-refractivity contribution in [3.8, 4) is 5.75 Å². The summed E-state index contributed by atoms with van der Waals surface area (Å²) >= 11 is 0. The molecule has 0 atom stereocenters. The number of benzene rings is 2. The van der Waals surface area contributed by atoms with Crippen molar-refractivity contribution >= 4 is 5.78 Å². The van der Waals surface area contributed by atoms with E-state index in [1.54, 1.807) is 7.11 Å². The third-order valence-electron chi connectivity index (χ3n) is 7.33. The summed E-state index contributed by atoms with van der Waals surface area (Å²) in [7, 11) is 1.79. The molecule has 4 aliphatic rings. The molecule has 4 fully saturated rings. The van der Waals surface area contributed by atoms with Crippen LogP contribution in [0.3, 0.4) is 0 Å². The van der Waals surface area contributed by atoms with Gasteiger partial charge < -0.3 is 4.74 Å². The quantitative estimate of drug-likeness (QED) is 0.650. The maximum atomic E-state index is 12.7. The molecule has 2 nitrogen and oxygen atoms in total. The Labute approximate surface area is 161 Å². The predicted molar refractivity (Wildman–Crippen MR) is 107 cm³/mol. The molecule has 0 aliphatic heterocycles. The summed E-state index contributed by atoms with van der Waals surface area (Å²) in [6.07, 6.45) is 8.71. The second-order valence-corrected chi connectivity index (χ2v) is 9.20. The van der Waals surface area contributed by atoms with Crippen LogP contribution in [0.15, 0.2) is 48.5 Å². The lowest BCUT2D eigenvalue weighted by molar-refractivity contribution is -0.00619. The molecule has 27 heavy (non-hydrogen) atoms. The predicted octanol–water partition coefficient (Wildman–Crippen LogP) is 5.59. The third kappa shape index (κ3) is 2.99. The van der Waals surface area contributed by atoms with Crippen molar-refractivity contribution in [2.75, 3.05) is 7.11 Å². The van der Waals surface area contributed by atoms with E-state index in [4.69, 9.17) is 4.74 Å². The van der Waals surface area contributed by atoms with Crippen molar-refractivity contribution in [2.45, 2.75) is 50.4 Å². The Balaban J connectivity index is 1.47. The third-order valence-corrected chi connectivity index (χ3v) is 7.33. The molecule has 2 aromatic carbocycles. The normalized spacial score (nSPS) is 31.1. The topological polar surface area (TPSA) is 26.3 Å². The van der Waals surface area contributed by atoms with Crippen molar-refractivity contribution in [3.05, 3.63) is 65.2 Å². The standard InChI is InChI=1S/C25H28O2/c1-27-24-8-7-17(13-23(26)21-5-3-2-4-6-21)12-22(24)25-14-18-9-19(15-25)11-20(10-18)16-25/h2-8,12,18-20H,9-11,13-16H2,1H3. The number of rotatable bonds is 5. The van der Waals surface area contributed by atoms with Crippen LogP contribution in [-0.4, -0.2) is 12.9 Å². The molecule has 0 heterocycles. The number of Topliss-reactive ketones (excluding diaryl/α,β-unsaturated/α-hetero) is 1. The molecule has 0 radical (unpaired) electrons. The molecule has 140 valence electrons. The number of ketones is 1. The Bertz CT molecular complexity index is 817. The van der Waals surface area contributed by atoms with Crippen molar-refractivity contribution in [2.24, 2.45) is 17.8 Å². The Morgan fingerprint density at radius 1 is 0.963 bits per heavy atom. The summed E-state index contributed by atoms with van der Waals surface area (Å²) in [5.74, 6) is 3.91. The minimum atomic E-state index is 0.192. The van der Waals surface area contributed by atoms with Gasteiger partial charge in [-0.2, -0.15) is 0 Å². The number of hydrogen-bond donors (Lipinski definition) is 0. The first kappa shape index (κ1) is 17.0. The molecular formula is C25H28O2. The van der Waals surface area contributed by atoms with Gasteiger partial charge in [0.1, 0.15) is 5.75 Å². The van der Waals surface area contributed by atoms with Crippen LogP contribution in [0.25, 0.3) is 0 Å². The van der Waals surface area contributed by atoms with Crippen LogP contribution < -0.4 is 4.74 Å². The molecule has 4 aliphatic carbocycles. The molecule has 4 saturated carbocycles. The highest BCUT2D eigenvalue weighted by Crippen LogP contribution is 2.61. The van der Waals surface area contributed by atoms with Crippen LogP contribution in [0, 0.1) is 17.8 Å². The molecule has 2 heteroatoms. The maximum Gasteiger partial charge on any atom is 0.167 e. The fourth-order valence-corrected chi connectivity index (χ4v) is 6.63. The van der Waals surface area contributed by atoms with E-state index >= 15 is 0 Å². The van der Waals surface area contributed by atoms with Gasteiger partial charge in [-0.1, -0.05) is 42.5 Å². The average Bonchev–Trinajstić information content (AvgIpc) is 2.67. The molecule has 0 N–H and O–H groups in total. The largest absolute Gasteiger partial charge is 0.496 e. The Kier molecular flexibility index (Phi) is 4.11. The molecule has 0 spiro atoms. The lowest BCUT2D eigenvalue weighted by Gasteiger charge is -2.57. The van der Waals surface area contributed by atoms with Crippen LogP contribution in [0.2, 0.25) is 0 Å². The minimum Gasteiger partial charge on any atom is -0.496 e. The van der Waals surface area contributed by atoms with Gasteiger partial charge in [-0.05, 0) is 73.3 Å². The second kappa shape index (κ2) is 6.51. The first-order valence-corrected chi connectivity index (χ1v) is 10.4. The Hall–Kier alpha value is -2.09. The highest BCUT2D eigenvalue weighted by atomic mass is 16.5. The molecule has 0 unspecified atom stereocenters. The van der Waals surface area contributed by atoms with Gasteiger partial charge in [-0.25, -0.2) is 0 Å². The van der Waals surface area contributed by atoms with E-state index in [0.717, 1.165) is 34.6 Å². The van der Waals surface area contributed by atoms with Gasteiger partial charge >= 0.3 is 0 Å². The zero-order chi connectivity index (χ0) is 18.4. The van der Waals surface area contributed by atoms with Crippen LogP contribution in [0.4, 0.5) is 0 Å². The van der Waals surface area contributed by atoms with Crippen molar-refractivity contribution in [1.29, 1.82) is 0 Å².